The van der Waals surface area contributed by atoms with E-state index in [1.54, 1.807) is 13.8 Å². The first kappa shape index (κ1) is 21.5. The number of aryl methyl sites for hydroxylation is 2. The van der Waals surface area contributed by atoms with Crippen LogP contribution in [-0.4, -0.2) is 17.9 Å². The molecule has 0 heterocycles. The molecule has 2 amide bonds. The molecule has 0 aromatic heterocycles. The molecule has 0 aliphatic rings. The second-order valence-corrected chi connectivity index (χ2v) is 7.38. The lowest BCUT2D eigenvalue weighted by Gasteiger charge is -2.25. The lowest BCUT2D eigenvalue weighted by Crippen LogP contribution is -2.50. The lowest BCUT2D eigenvalue weighted by molar-refractivity contribution is -0.124. The largest absolute Gasteiger partial charge is 0.348 e. The van der Waals surface area contributed by atoms with Gasteiger partial charge in [-0.05, 0) is 49.9 Å². The van der Waals surface area contributed by atoms with Crippen molar-refractivity contribution in [3.8, 4) is 0 Å². The van der Waals surface area contributed by atoms with E-state index in [1.165, 1.54) is 6.07 Å². The first-order valence-corrected chi connectivity index (χ1v) is 9.24. The van der Waals surface area contributed by atoms with Gasteiger partial charge >= 0.3 is 0 Å². The highest BCUT2D eigenvalue weighted by atomic mass is 19.1. The van der Waals surface area contributed by atoms with Gasteiger partial charge in [0.05, 0.1) is 6.04 Å². The van der Waals surface area contributed by atoms with Gasteiger partial charge in [-0.1, -0.05) is 43.7 Å². The Bertz CT molecular complexity index is 861. The SMILES string of the molecule is Cc1ccc(C)c(C(C)NC(=O)C(NC(=O)c2c(F)cccc2F)C(C)C)c1. The Morgan fingerprint density at radius 1 is 0.929 bits per heavy atom. The van der Waals surface area contributed by atoms with Crippen LogP contribution >= 0.6 is 0 Å². The molecule has 0 bridgehead atoms. The van der Waals surface area contributed by atoms with Crippen molar-refractivity contribution in [1.29, 1.82) is 0 Å². The zero-order chi connectivity index (χ0) is 21.0. The number of rotatable bonds is 6. The highest BCUT2D eigenvalue weighted by Crippen LogP contribution is 2.20. The number of benzene rings is 2. The second kappa shape index (κ2) is 8.95. The molecule has 2 N–H and O–H groups in total. The van der Waals surface area contributed by atoms with E-state index in [2.05, 4.69) is 10.6 Å². The van der Waals surface area contributed by atoms with Crippen LogP contribution in [0.5, 0.6) is 0 Å². The van der Waals surface area contributed by atoms with Gasteiger partial charge in [-0.3, -0.25) is 9.59 Å². The van der Waals surface area contributed by atoms with Crippen LogP contribution in [0.3, 0.4) is 0 Å². The van der Waals surface area contributed by atoms with Crippen molar-refractivity contribution in [1.82, 2.24) is 10.6 Å². The third kappa shape index (κ3) is 4.94. The van der Waals surface area contributed by atoms with E-state index in [4.69, 9.17) is 0 Å². The fourth-order valence-electron chi connectivity index (χ4n) is 3.07. The van der Waals surface area contributed by atoms with Crippen LogP contribution in [0.2, 0.25) is 0 Å². The van der Waals surface area contributed by atoms with Crippen LogP contribution < -0.4 is 10.6 Å². The molecule has 0 radical (unpaired) electrons. The Kier molecular flexibility index (Phi) is 6.89. The Morgan fingerprint density at radius 3 is 2.11 bits per heavy atom. The van der Waals surface area contributed by atoms with Crippen LogP contribution in [0.1, 0.15) is 53.9 Å². The van der Waals surface area contributed by atoms with Gasteiger partial charge in [0.2, 0.25) is 5.91 Å². The average molecular weight is 388 g/mol. The summed E-state index contributed by atoms with van der Waals surface area (Å²) >= 11 is 0. The zero-order valence-electron chi connectivity index (χ0n) is 16.8. The van der Waals surface area contributed by atoms with E-state index < -0.39 is 35.1 Å². The minimum absolute atomic E-state index is 0.274. The van der Waals surface area contributed by atoms with Gasteiger partial charge in [0, 0.05) is 0 Å². The Hall–Kier alpha value is -2.76. The summed E-state index contributed by atoms with van der Waals surface area (Å²) in [5.74, 6) is -3.57. The van der Waals surface area contributed by atoms with Crippen LogP contribution in [-0.2, 0) is 4.79 Å². The molecule has 28 heavy (non-hydrogen) atoms. The first-order valence-electron chi connectivity index (χ1n) is 9.24. The quantitative estimate of drug-likeness (QED) is 0.779. The number of carbonyl (C=O) groups is 2. The minimum atomic E-state index is -0.968. The van der Waals surface area contributed by atoms with Crippen LogP contribution in [0, 0.1) is 31.4 Å². The Labute approximate surface area is 164 Å². The van der Waals surface area contributed by atoms with Crippen LogP contribution in [0.4, 0.5) is 8.78 Å². The van der Waals surface area contributed by atoms with E-state index in [9.17, 15) is 18.4 Å². The molecule has 0 aliphatic carbocycles. The van der Waals surface area contributed by atoms with E-state index in [1.807, 2.05) is 39.0 Å². The predicted octanol–water partition coefficient (Wildman–Crippen LogP) is 4.21. The van der Waals surface area contributed by atoms with E-state index in [0.29, 0.717) is 0 Å². The summed E-state index contributed by atoms with van der Waals surface area (Å²) in [6.45, 7) is 9.29. The molecule has 4 nitrogen and oxygen atoms in total. The summed E-state index contributed by atoms with van der Waals surface area (Å²) in [6.07, 6.45) is 0. The van der Waals surface area contributed by atoms with E-state index in [0.717, 1.165) is 28.8 Å². The van der Waals surface area contributed by atoms with Gasteiger partial charge < -0.3 is 10.6 Å². The Morgan fingerprint density at radius 2 is 1.54 bits per heavy atom. The maximum atomic E-state index is 13.9. The van der Waals surface area contributed by atoms with Gasteiger partial charge in [-0.15, -0.1) is 0 Å². The lowest BCUT2D eigenvalue weighted by atomic mass is 9.98. The topological polar surface area (TPSA) is 58.2 Å². The number of carbonyl (C=O) groups excluding carboxylic acids is 2. The molecule has 0 aliphatic heterocycles. The van der Waals surface area contributed by atoms with Crippen molar-refractivity contribution in [2.45, 2.75) is 46.7 Å². The molecule has 0 spiro atoms. The standard InChI is InChI=1S/C22H26F2N2O2/c1-12(2)20(26-21(27)19-17(23)7-6-8-18(19)24)22(28)25-15(5)16-11-13(3)9-10-14(16)4/h6-12,15,20H,1-5H3,(H,25,28)(H,26,27). The molecule has 0 saturated heterocycles. The molecule has 2 atom stereocenters. The highest BCUT2D eigenvalue weighted by molar-refractivity contribution is 5.98. The molecule has 6 heteroatoms. The molecule has 0 saturated carbocycles. The van der Waals surface area contributed by atoms with E-state index in [-0.39, 0.29) is 12.0 Å². The van der Waals surface area contributed by atoms with Crippen molar-refractivity contribution in [2.75, 3.05) is 0 Å². The molecule has 2 aromatic carbocycles. The summed E-state index contributed by atoms with van der Waals surface area (Å²) in [5.41, 5.74) is 2.40. The van der Waals surface area contributed by atoms with Gasteiger partial charge in [0.25, 0.3) is 5.91 Å². The van der Waals surface area contributed by atoms with Crippen molar-refractivity contribution in [3.63, 3.8) is 0 Å². The molecule has 0 fully saturated rings. The molecule has 2 unspecified atom stereocenters. The van der Waals surface area contributed by atoms with Crippen molar-refractivity contribution in [2.24, 2.45) is 5.92 Å². The molecule has 2 aromatic rings. The fraction of sp³-hybridized carbons (Fsp3) is 0.364. The molecule has 150 valence electrons. The average Bonchev–Trinajstić information content (AvgIpc) is 2.61. The summed E-state index contributed by atoms with van der Waals surface area (Å²) in [4.78, 5) is 25.2. The van der Waals surface area contributed by atoms with Gasteiger partial charge in [0.15, 0.2) is 0 Å². The van der Waals surface area contributed by atoms with E-state index >= 15 is 0 Å². The number of nitrogens with one attached hydrogen (secondary N) is 2. The summed E-state index contributed by atoms with van der Waals surface area (Å²) in [7, 11) is 0. The van der Waals surface area contributed by atoms with Gasteiger partial charge in [0.1, 0.15) is 23.2 Å². The predicted molar refractivity (Wildman–Crippen MR) is 105 cm³/mol. The zero-order valence-corrected chi connectivity index (χ0v) is 16.8. The smallest absolute Gasteiger partial charge is 0.257 e. The van der Waals surface area contributed by atoms with Crippen molar-refractivity contribution >= 4 is 11.8 Å². The van der Waals surface area contributed by atoms with Crippen molar-refractivity contribution < 1.29 is 18.4 Å². The molecular weight excluding hydrogens is 362 g/mol. The molecular formula is C22H26F2N2O2. The number of amides is 2. The number of hydrogen-bond donors (Lipinski definition) is 2. The summed E-state index contributed by atoms with van der Waals surface area (Å²) in [6, 6.07) is 7.95. The first-order chi connectivity index (χ1) is 13.1. The highest BCUT2D eigenvalue weighted by Gasteiger charge is 2.28. The van der Waals surface area contributed by atoms with Gasteiger partial charge in [-0.2, -0.15) is 0 Å². The third-order valence-electron chi connectivity index (χ3n) is 4.69. The summed E-state index contributed by atoms with van der Waals surface area (Å²) in [5, 5.41) is 5.36. The molecule has 2 rings (SSSR count). The monoisotopic (exact) mass is 388 g/mol. The van der Waals surface area contributed by atoms with Crippen molar-refractivity contribution in [3.05, 3.63) is 70.3 Å². The van der Waals surface area contributed by atoms with Gasteiger partial charge in [-0.25, -0.2) is 8.78 Å². The normalized spacial score (nSPS) is 13.1. The summed E-state index contributed by atoms with van der Waals surface area (Å²) < 4.78 is 27.7. The number of halogens is 2. The minimum Gasteiger partial charge on any atom is -0.348 e. The van der Waals surface area contributed by atoms with Crippen LogP contribution in [0.25, 0.3) is 0 Å². The third-order valence-corrected chi connectivity index (χ3v) is 4.69. The maximum Gasteiger partial charge on any atom is 0.257 e. The maximum absolute atomic E-state index is 13.9. The fourth-order valence-corrected chi connectivity index (χ4v) is 3.07. The second-order valence-electron chi connectivity index (χ2n) is 7.38. The van der Waals surface area contributed by atoms with Crippen LogP contribution in [0.15, 0.2) is 36.4 Å². The Balaban J connectivity index is 2.18. The number of hydrogen-bond acceptors (Lipinski definition) is 2.